The van der Waals surface area contributed by atoms with Gasteiger partial charge in [0.25, 0.3) is 0 Å². The van der Waals surface area contributed by atoms with E-state index in [2.05, 4.69) is 32.3 Å². The van der Waals surface area contributed by atoms with E-state index in [0.717, 1.165) is 0 Å². The number of rotatable bonds is 4. The average Bonchev–Trinajstić information content (AvgIpc) is 2.65. The van der Waals surface area contributed by atoms with E-state index in [4.69, 9.17) is 4.52 Å². The Morgan fingerprint density at radius 3 is 2.93 bits per heavy atom. The zero-order chi connectivity index (χ0) is 11.1. The SMILES string of the molecule is C=CCNC(=NC)NCc1noc(C)n1. The quantitative estimate of drug-likeness (QED) is 0.422. The van der Waals surface area contributed by atoms with Gasteiger partial charge in [-0.2, -0.15) is 4.98 Å². The van der Waals surface area contributed by atoms with E-state index in [0.29, 0.717) is 30.8 Å². The average molecular weight is 209 g/mol. The van der Waals surface area contributed by atoms with Crippen LogP contribution in [0.15, 0.2) is 22.2 Å². The molecule has 0 fully saturated rings. The third-order valence-electron chi connectivity index (χ3n) is 1.62. The smallest absolute Gasteiger partial charge is 0.223 e. The van der Waals surface area contributed by atoms with Crippen molar-refractivity contribution in [1.82, 2.24) is 20.8 Å². The van der Waals surface area contributed by atoms with E-state index in [1.807, 2.05) is 0 Å². The van der Waals surface area contributed by atoms with Crippen molar-refractivity contribution in [1.29, 1.82) is 0 Å². The number of guanidine groups is 1. The van der Waals surface area contributed by atoms with Crippen LogP contribution in [0.25, 0.3) is 0 Å². The maximum absolute atomic E-state index is 4.83. The zero-order valence-corrected chi connectivity index (χ0v) is 8.95. The number of aryl methyl sites for hydroxylation is 1. The topological polar surface area (TPSA) is 75.3 Å². The minimum Gasteiger partial charge on any atom is -0.353 e. The molecule has 0 aromatic carbocycles. The van der Waals surface area contributed by atoms with Crippen LogP contribution in [0.1, 0.15) is 11.7 Å². The minimum absolute atomic E-state index is 0.480. The van der Waals surface area contributed by atoms with E-state index in [1.165, 1.54) is 0 Å². The van der Waals surface area contributed by atoms with Crippen LogP contribution in [0.2, 0.25) is 0 Å². The van der Waals surface area contributed by atoms with Gasteiger partial charge in [-0.3, -0.25) is 4.99 Å². The summed E-state index contributed by atoms with van der Waals surface area (Å²) < 4.78 is 4.83. The number of nitrogens with one attached hydrogen (secondary N) is 2. The third kappa shape index (κ3) is 3.80. The minimum atomic E-state index is 0.480. The standard InChI is InChI=1S/C9H15N5O/c1-4-5-11-9(10-3)12-6-8-13-7(2)15-14-8/h4H,1,5-6H2,2-3H3,(H2,10,11,12). The lowest BCUT2D eigenvalue weighted by Gasteiger charge is -2.07. The van der Waals surface area contributed by atoms with Crippen LogP contribution in [0, 0.1) is 6.92 Å². The number of hydrogen-bond donors (Lipinski definition) is 2. The fraction of sp³-hybridized carbons (Fsp3) is 0.444. The first kappa shape index (κ1) is 11.2. The van der Waals surface area contributed by atoms with Crippen molar-refractivity contribution in [3.8, 4) is 0 Å². The molecule has 0 saturated carbocycles. The monoisotopic (exact) mass is 209 g/mol. The van der Waals surface area contributed by atoms with E-state index in [9.17, 15) is 0 Å². The van der Waals surface area contributed by atoms with E-state index >= 15 is 0 Å². The second-order valence-corrected chi connectivity index (χ2v) is 2.82. The first-order valence-corrected chi connectivity index (χ1v) is 4.61. The molecule has 1 heterocycles. The Morgan fingerprint density at radius 2 is 2.40 bits per heavy atom. The van der Waals surface area contributed by atoms with Crippen molar-refractivity contribution in [3.05, 3.63) is 24.4 Å². The second kappa shape index (κ2) is 5.79. The normalized spacial score (nSPS) is 11.2. The van der Waals surface area contributed by atoms with Gasteiger partial charge in [0.1, 0.15) is 0 Å². The molecule has 0 saturated heterocycles. The summed E-state index contributed by atoms with van der Waals surface area (Å²) in [4.78, 5) is 8.06. The van der Waals surface area contributed by atoms with Crippen LogP contribution >= 0.6 is 0 Å². The number of nitrogens with zero attached hydrogens (tertiary/aromatic N) is 3. The van der Waals surface area contributed by atoms with Crippen molar-refractivity contribution in [3.63, 3.8) is 0 Å². The highest BCUT2D eigenvalue weighted by Crippen LogP contribution is 1.93. The summed E-state index contributed by atoms with van der Waals surface area (Å²) >= 11 is 0. The van der Waals surface area contributed by atoms with E-state index in [1.54, 1.807) is 20.0 Å². The number of aliphatic imine (C=N–C) groups is 1. The fourth-order valence-electron chi connectivity index (χ4n) is 0.965. The van der Waals surface area contributed by atoms with Crippen LogP contribution in [0.5, 0.6) is 0 Å². The van der Waals surface area contributed by atoms with Gasteiger partial charge in [-0.05, 0) is 0 Å². The Morgan fingerprint density at radius 1 is 1.60 bits per heavy atom. The Bertz CT molecular complexity index is 344. The van der Waals surface area contributed by atoms with Gasteiger partial charge in [0.2, 0.25) is 5.89 Å². The molecule has 0 radical (unpaired) electrons. The summed E-state index contributed by atoms with van der Waals surface area (Å²) in [5, 5.41) is 9.82. The van der Waals surface area contributed by atoms with Crippen LogP contribution in [0.3, 0.4) is 0 Å². The molecule has 15 heavy (non-hydrogen) atoms. The van der Waals surface area contributed by atoms with Crippen LogP contribution < -0.4 is 10.6 Å². The molecule has 82 valence electrons. The first-order chi connectivity index (χ1) is 7.26. The summed E-state index contributed by atoms with van der Waals surface area (Å²) in [5.74, 6) is 1.84. The summed E-state index contributed by atoms with van der Waals surface area (Å²) in [7, 11) is 1.69. The largest absolute Gasteiger partial charge is 0.353 e. The summed E-state index contributed by atoms with van der Waals surface area (Å²) in [6.45, 7) is 6.49. The number of aromatic nitrogens is 2. The Balaban J connectivity index is 2.37. The van der Waals surface area contributed by atoms with Crippen molar-refractivity contribution in [2.45, 2.75) is 13.5 Å². The molecule has 6 heteroatoms. The van der Waals surface area contributed by atoms with Crippen molar-refractivity contribution in [2.75, 3.05) is 13.6 Å². The lowest BCUT2D eigenvalue weighted by Crippen LogP contribution is -2.37. The van der Waals surface area contributed by atoms with Crippen molar-refractivity contribution >= 4 is 5.96 Å². The molecule has 0 amide bonds. The van der Waals surface area contributed by atoms with E-state index in [-0.39, 0.29) is 0 Å². The highest BCUT2D eigenvalue weighted by molar-refractivity contribution is 5.79. The molecule has 0 atom stereocenters. The first-order valence-electron chi connectivity index (χ1n) is 4.61. The molecule has 0 bridgehead atoms. The molecular weight excluding hydrogens is 194 g/mol. The highest BCUT2D eigenvalue weighted by Gasteiger charge is 2.02. The lowest BCUT2D eigenvalue weighted by molar-refractivity contribution is 0.387. The molecule has 0 aliphatic rings. The molecule has 2 N–H and O–H groups in total. The molecule has 0 unspecified atom stereocenters. The Kier molecular flexibility index (Phi) is 4.33. The Labute approximate surface area is 88.5 Å². The maximum atomic E-state index is 4.83. The third-order valence-corrected chi connectivity index (χ3v) is 1.62. The molecule has 6 nitrogen and oxygen atoms in total. The molecule has 1 aromatic heterocycles. The molecule has 1 rings (SSSR count). The molecule has 0 aliphatic heterocycles. The van der Waals surface area contributed by atoms with Gasteiger partial charge < -0.3 is 15.2 Å². The van der Waals surface area contributed by atoms with Gasteiger partial charge in [0.15, 0.2) is 11.8 Å². The van der Waals surface area contributed by atoms with Gasteiger partial charge in [-0.25, -0.2) is 0 Å². The Hall–Kier alpha value is -1.85. The second-order valence-electron chi connectivity index (χ2n) is 2.82. The summed E-state index contributed by atoms with van der Waals surface area (Å²) in [6, 6.07) is 0. The van der Waals surface area contributed by atoms with Gasteiger partial charge >= 0.3 is 0 Å². The van der Waals surface area contributed by atoms with Crippen LogP contribution in [0.4, 0.5) is 0 Å². The molecule has 0 aliphatic carbocycles. The lowest BCUT2D eigenvalue weighted by atomic mass is 10.5. The van der Waals surface area contributed by atoms with Crippen LogP contribution in [-0.4, -0.2) is 29.7 Å². The van der Waals surface area contributed by atoms with Gasteiger partial charge in [-0.15, -0.1) is 6.58 Å². The van der Waals surface area contributed by atoms with Crippen molar-refractivity contribution in [2.24, 2.45) is 4.99 Å². The number of hydrogen-bond acceptors (Lipinski definition) is 4. The summed E-state index contributed by atoms with van der Waals surface area (Å²) in [5.41, 5.74) is 0. The van der Waals surface area contributed by atoms with E-state index < -0.39 is 0 Å². The highest BCUT2D eigenvalue weighted by atomic mass is 16.5. The van der Waals surface area contributed by atoms with Gasteiger partial charge in [0.05, 0.1) is 6.54 Å². The fourth-order valence-corrected chi connectivity index (χ4v) is 0.965. The molecule has 0 spiro atoms. The van der Waals surface area contributed by atoms with Crippen LogP contribution in [-0.2, 0) is 6.54 Å². The predicted molar refractivity (Wildman–Crippen MR) is 57.4 cm³/mol. The predicted octanol–water partition coefficient (Wildman–Crippen LogP) is 0.229. The zero-order valence-electron chi connectivity index (χ0n) is 8.95. The summed E-state index contributed by atoms with van der Waals surface area (Å²) in [6.07, 6.45) is 1.76. The molecular formula is C9H15N5O. The molecule has 1 aromatic rings. The van der Waals surface area contributed by atoms with Gasteiger partial charge in [0, 0.05) is 20.5 Å². The maximum Gasteiger partial charge on any atom is 0.223 e. The van der Waals surface area contributed by atoms with Gasteiger partial charge in [-0.1, -0.05) is 11.2 Å². The van der Waals surface area contributed by atoms with Crippen molar-refractivity contribution < 1.29 is 4.52 Å².